The van der Waals surface area contributed by atoms with Crippen LogP contribution in [0, 0.1) is 17.1 Å². The molecule has 2 N–H and O–H groups in total. The third kappa shape index (κ3) is 2.44. The number of nitriles is 1. The molecule has 2 aromatic rings. The Labute approximate surface area is 112 Å². The van der Waals surface area contributed by atoms with E-state index in [0.29, 0.717) is 5.56 Å². The average molecular weight is 307 g/mol. The molecule has 0 atom stereocenters. The first-order valence-corrected chi connectivity index (χ1v) is 5.82. The minimum Gasteiger partial charge on any atom is -0.451 e. The molecule has 18 heavy (non-hydrogen) atoms. The Kier molecular flexibility index (Phi) is 3.49. The van der Waals surface area contributed by atoms with Gasteiger partial charge in [0.1, 0.15) is 11.8 Å². The molecule has 5 heteroatoms. The molecule has 0 saturated carbocycles. The summed E-state index contributed by atoms with van der Waals surface area (Å²) in [5, 5.41) is 8.98. The van der Waals surface area contributed by atoms with E-state index in [1.807, 2.05) is 6.07 Å². The van der Waals surface area contributed by atoms with Gasteiger partial charge in [-0.1, -0.05) is 22.0 Å². The molecule has 2 rings (SSSR count). The maximum absolute atomic E-state index is 13.6. The zero-order valence-corrected chi connectivity index (χ0v) is 10.7. The predicted molar refractivity (Wildman–Crippen MR) is 69.7 cm³/mol. The van der Waals surface area contributed by atoms with Crippen LogP contribution in [0.3, 0.4) is 0 Å². The number of nitrogens with zero attached hydrogens (tertiary/aromatic N) is 1. The van der Waals surface area contributed by atoms with Crippen LogP contribution in [-0.2, 0) is 0 Å². The van der Waals surface area contributed by atoms with E-state index in [4.69, 9.17) is 15.7 Å². The highest BCUT2D eigenvalue weighted by Crippen LogP contribution is 2.32. The first-order chi connectivity index (χ1) is 8.61. The molecule has 0 fully saturated rings. The van der Waals surface area contributed by atoms with Crippen molar-refractivity contribution in [3.63, 3.8) is 0 Å². The number of hydrogen-bond donors (Lipinski definition) is 1. The summed E-state index contributed by atoms with van der Waals surface area (Å²) in [7, 11) is 0. The molecule has 0 aromatic heterocycles. The third-order valence-electron chi connectivity index (χ3n) is 2.27. The second-order valence-electron chi connectivity index (χ2n) is 3.51. The highest BCUT2D eigenvalue weighted by Gasteiger charge is 2.11. The number of halogens is 2. The number of nitrogen functional groups attached to an aromatic ring is 1. The van der Waals surface area contributed by atoms with Crippen LogP contribution in [0.25, 0.3) is 0 Å². The Bertz CT molecular complexity index is 617. The van der Waals surface area contributed by atoms with Crippen LogP contribution in [0.5, 0.6) is 11.5 Å². The third-order valence-corrected chi connectivity index (χ3v) is 2.76. The Morgan fingerprint density at radius 1 is 1.28 bits per heavy atom. The summed E-state index contributed by atoms with van der Waals surface area (Å²) in [5.74, 6) is -0.379. The van der Waals surface area contributed by atoms with E-state index in [1.54, 1.807) is 18.2 Å². The molecular formula is C13H8BrFN2O. The van der Waals surface area contributed by atoms with Crippen LogP contribution in [0.2, 0.25) is 0 Å². The minimum atomic E-state index is -0.568. The Morgan fingerprint density at radius 2 is 2.06 bits per heavy atom. The summed E-state index contributed by atoms with van der Waals surface area (Å²) in [5.41, 5.74) is 6.11. The fourth-order valence-corrected chi connectivity index (χ4v) is 1.78. The summed E-state index contributed by atoms with van der Waals surface area (Å²) < 4.78 is 19.7. The Morgan fingerprint density at radius 3 is 2.72 bits per heavy atom. The zero-order chi connectivity index (χ0) is 13.1. The van der Waals surface area contributed by atoms with Crippen molar-refractivity contribution in [1.82, 2.24) is 0 Å². The van der Waals surface area contributed by atoms with Gasteiger partial charge in [-0.05, 0) is 30.3 Å². The van der Waals surface area contributed by atoms with Gasteiger partial charge in [0, 0.05) is 4.47 Å². The number of rotatable bonds is 2. The van der Waals surface area contributed by atoms with Crippen molar-refractivity contribution in [3.8, 4) is 17.6 Å². The van der Waals surface area contributed by atoms with Gasteiger partial charge in [-0.15, -0.1) is 0 Å². The van der Waals surface area contributed by atoms with Gasteiger partial charge in [0.2, 0.25) is 0 Å². The van der Waals surface area contributed by atoms with Gasteiger partial charge in [-0.25, -0.2) is 4.39 Å². The quantitative estimate of drug-likeness (QED) is 0.858. The molecule has 0 saturated heterocycles. The molecule has 0 spiro atoms. The van der Waals surface area contributed by atoms with Gasteiger partial charge in [0.15, 0.2) is 11.6 Å². The number of ether oxygens (including phenoxy) is 1. The molecule has 0 aliphatic rings. The van der Waals surface area contributed by atoms with Crippen molar-refractivity contribution in [2.24, 2.45) is 0 Å². The molecule has 3 nitrogen and oxygen atoms in total. The summed E-state index contributed by atoms with van der Waals surface area (Å²) >= 11 is 3.25. The first kappa shape index (κ1) is 12.4. The average Bonchev–Trinajstić information content (AvgIpc) is 2.35. The minimum absolute atomic E-state index is 0.0728. The summed E-state index contributed by atoms with van der Waals surface area (Å²) in [6, 6.07) is 11.1. The second-order valence-corrected chi connectivity index (χ2v) is 4.43. The van der Waals surface area contributed by atoms with Gasteiger partial charge in [-0.3, -0.25) is 0 Å². The lowest BCUT2D eigenvalue weighted by Crippen LogP contribution is -1.96. The normalized spacial score (nSPS) is 9.83. The van der Waals surface area contributed by atoms with Gasteiger partial charge < -0.3 is 10.5 Å². The standard InChI is InChI=1S/C13H8BrFN2O/c14-9-4-5-12(8(6-9)7-16)18-13-10(15)2-1-3-11(13)17/h1-6H,17H2. The lowest BCUT2D eigenvalue weighted by atomic mass is 10.2. The molecule has 90 valence electrons. The number of nitrogens with two attached hydrogens (primary N) is 1. The maximum Gasteiger partial charge on any atom is 0.185 e. The second kappa shape index (κ2) is 5.07. The van der Waals surface area contributed by atoms with Crippen molar-refractivity contribution >= 4 is 21.6 Å². The van der Waals surface area contributed by atoms with E-state index in [1.165, 1.54) is 18.2 Å². The largest absolute Gasteiger partial charge is 0.451 e. The lowest BCUT2D eigenvalue weighted by molar-refractivity contribution is 0.443. The van der Waals surface area contributed by atoms with E-state index in [9.17, 15) is 4.39 Å². The van der Waals surface area contributed by atoms with Crippen molar-refractivity contribution in [2.75, 3.05) is 5.73 Å². The molecule has 0 unspecified atom stereocenters. The van der Waals surface area contributed by atoms with E-state index in [-0.39, 0.29) is 17.2 Å². The van der Waals surface area contributed by atoms with Crippen molar-refractivity contribution in [2.45, 2.75) is 0 Å². The fourth-order valence-electron chi connectivity index (χ4n) is 1.42. The van der Waals surface area contributed by atoms with Crippen molar-refractivity contribution < 1.29 is 9.13 Å². The number of anilines is 1. The smallest absolute Gasteiger partial charge is 0.185 e. The van der Waals surface area contributed by atoms with Crippen LogP contribution in [0.4, 0.5) is 10.1 Å². The Hall–Kier alpha value is -2.06. The van der Waals surface area contributed by atoms with Gasteiger partial charge in [-0.2, -0.15) is 5.26 Å². The molecule has 0 amide bonds. The molecule has 0 aliphatic heterocycles. The van der Waals surface area contributed by atoms with Gasteiger partial charge in [0.05, 0.1) is 11.3 Å². The zero-order valence-electron chi connectivity index (χ0n) is 9.15. The Balaban J connectivity index is 2.44. The molecule has 2 aromatic carbocycles. The molecule has 0 radical (unpaired) electrons. The van der Waals surface area contributed by atoms with E-state index in [0.717, 1.165) is 4.47 Å². The predicted octanol–water partition coefficient (Wildman–Crippen LogP) is 3.83. The fraction of sp³-hybridized carbons (Fsp3) is 0. The van der Waals surface area contributed by atoms with Crippen LogP contribution < -0.4 is 10.5 Å². The number of hydrogen-bond acceptors (Lipinski definition) is 3. The van der Waals surface area contributed by atoms with Gasteiger partial charge in [0.25, 0.3) is 0 Å². The maximum atomic E-state index is 13.6. The highest BCUT2D eigenvalue weighted by molar-refractivity contribution is 9.10. The SMILES string of the molecule is N#Cc1cc(Br)ccc1Oc1c(N)cccc1F. The molecule has 0 aliphatic carbocycles. The summed E-state index contributed by atoms with van der Waals surface area (Å²) in [6.07, 6.45) is 0. The lowest BCUT2D eigenvalue weighted by Gasteiger charge is -2.10. The van der Waals surface area contributed by atoms with Gasteiger partial charge >= 0.3 is 0 Å². The van der Waals surface area contributed by atoms with Crippen molar-refractivity contribution in [1.29, 1.82) is 5.26 Å². The van der Waals surface area contributed by atoms with E-state index < -0.39 is 5.82 Å². The summed E-state index contributed by atoms with van der Waals surface area (Å²) in [6.45, 7) is 0. The van der Waals surface area contributed by atoms with Crippen LogP contribution >= 0.6 is 15.9 Å². The number of benzene rings is 2. The summed E-state index contributed by atoms with van der Waals surface area (Å²) in [4.78, 5) is 0. The van der Waals surface area contributed by atoms with E-state index in [2.05, 4.69) is 15.9 Å². The van der Waals surface area contributed by atoms with Crippen LogP contribution in [-0.4, -0.2) is 0 Å². The molecule has 0 heterocycles. The number of para-hydroxylation sites is 1. The van der Waals surface area contributed by atoms with Crippen LogP contribution in [0.1, 0.15) is 5.56 Å². The topological polar surface area (TPSA) is 59.0 Å². The van der Waals surface area contributed by atoms with Crippen molar-refractivity contribution in [3.05, 3.63) is 52.3 Å². The van der Waals surface area contributed by atoms with Crippen LogP contribution in [0.15, 0.2) is 40.9 Å². The monoisotopic (exact) mass is 306 g/mol. The molecular weight excluding hydrogens is 299 g/mol. The first-order valence-electron chi connectivity index (χ1n) is 5.03. The molecule has 0 bridgehead atoms. The highest BCUT2D eigenvalue weighted by atomic mass is 79.9. The van der Waals surface area contributed by atoms with E-state index >= 15 is 0 Å².